The van der Waals surface area contributed by atoms with E-state index >= 15 is 0 Å². The van der Waals surface area contributed by atoms with Crippen molar-refractivity contribution in [2.75, 3.05) is 13.2 Å². The zero-order valence-corrected chi connectivity index (χ0v) is 11.9. The van der Waals surface area contributed by atoms with Crippen molar-refractivity contribution in [2.24, 2.45) is 5.16 Å². The normalized spacial score (nSPS) is 10.9. The maximum atomic E-state index is 12.8. The van der Waals surface area contributed by atoms with Crippen molar-refractivity contribution in [3.63, 3.8) is 0 Å². The highest BCUT2D eigenvalue weighted by atomic mass is 19.1. The number of hydrogen-bond donors (Lipinski definition) is 0. The average molecular weight is 279 g/mol. The quantitative estimate of drug-likeness (QED) is 0.348. The molecule has 0 saturated carbocycles. The molecule has 0 amide bonds. The molecule has 20 heavy (non-hydrogen) atoms. The first-order chi connectivity index (χ1) is 9.52. The van der Waals surface area contributed by atoms with Gasteiger partial charge in [0.05, 0.1) is 17.9 Å². The van der Waals surface area contributed by atoms with Crippen LogP contribution in [0, 0.1) is 5.82 Å². The van der Waals surface area contributed by atoms with Gasteiger partial charge in [0.25, 0.3) is 0 Å². The minimum Gasteiger partial charge on any atom is -0.463 e. The Kier molecular flexibility index (Phi) is 6.43. The Balaban J connectivity index is 2.88. The minimum atomic E-state index is -0.471. The Morgan fingerprint density at radius 3 is 2.50 bits per heavy atom. The van der Waals surface area contributed by atoms with Crippen LogP contribution in [0.2, 0.25) is 0 Å². The van der Waals surface area contributed by atoms with Gasteiger partial charge in [-0.25, -0.2) is 9.18 Å². The summed E-state index contributed by atoms with van der Waals surface area (Å²) in [5, 5.41) is 3.77. The predicted molar refractivity (Wildman–Crippen MR) is 75.7 cm³/mol. The van der Waals surface area contributed by atoms with Crippen LogP contribution >= 0.6 is 0 Å². The van der Waals surface area contributed by atoms with Crippen LogP contribution in [0.4, 0.5) is 4.39 Å². The molecule has 0 atom stereocenters. The number of rotatable bonds is 6. The molecule has 0 saturated heterocycles. The highest BCUT2D eigenvalue weighted by molar-refractivity contribution is 5.94. The van der Waals surface area contributed by atoms with Crippen LogP contribution in [-0.2, 0) is 14.4 Å². The fraction of sp³-hybridized carbons (Fsp3) is 0.333. The Bertz CT molecular complexity index is 502. The average Bonchev–Trinajstić information content (AvgIpc) is 2.40. The molecule has 0 aliphatic carbocycles. The number of hydrogen-bond acceptors (Lipinski definition) is 4. The summed E-state index contributed by atoms with van der Waals surface area (Å²) in [6, 6.07) is 5.79. The molecule has 4 nitrogen and oxygen atoms in total. The van der Waals surface area contributed by atoms with Crippen LogP contribution in [0.3, 0.4) is 0 Å². The summed E-state index contributed by atoms with van der Waals surface area (Å²) in [4.78, 5) is 16.9. The smallest absolute Gasteiger partial charge is 0.337 e. The molecule has 5 heteroatoms. The van der Waals surface area contributed by atoms with Crippen molar-refractivity contribution in [1.82, 2.24) is 0 Å². The summed E-state index contributed by atoms with van der Waals surface area (Å²) >= 11 is 0. The number of carbonyl (C=O) groups excluding carboxylic acids is 1. The first-order valence-corrected chi connectivity index (χ1v) is 6.29. The second-order valence-electron chi connectivity index (χ2n) is 4.25. The van der Waals surface area contributed by atoms with E-state index in [1.807, 2.05) is 0 Å². The lowest BCUT2D eigenvalue weighted by Gasteiger charge is -2.06. The lowest BCUT2D eigenvalue weighted by Crippen LogP contribution is -2.11. The fourth-order valence-corrected chi connectivity index (χ4v) is 1.37. The summed E-state index contributed by atoms with van der Waals surface area (Å²) < 4.78 is 17.8. The number of benzene rings is 1. The van der Waals surface area contributed by atoms with Gasteiger partial charge >= 0.3 is 5.97 Å². The van der Waals surface area contributed by atoms with E-state index in [0.717, 1.165) is 5.71 Å². The third-order valence-electron chi connectivity index (χ3n) is 2.22. The van der Waals surface area contributed by atoms with Gasteiger partial charge in [-0.05, 0) is 44.5 Å². The predicted octanol–water partition coefficient (Wildman–Crippen LogP) is 3.18. The molecule has 0 unspecified atom stereocenters. The minimum absolute atomic E-state index is 0.00138. The fourth-order valence-electron chi connectivity index (χ4n) is 1.37. The molecule has 0 bridgehead atoms. The Morgan fingerprint density at radius 2 is 1.95 bits per heavy atom. The van der Waals surface area contributed by atoms with Gasteiger partial charge in [-0.2, -0.15) is 0 Å². The van der Waals surface area contributed by atoms with Gasteiger partial charge in [-0.15, -0.1) is 0 Å². The second-order valence-corrected chi connectivity index (χ2v) is 4.25. The van der Waals surface area contributed by atoms with E-state index in [0.29, 0.717) is 11.1 Å². The second kappa shape index (κ2) is 8.09. The summed E-state index contributed by atoms with van der Waals surface area (Å²) in [6.45, 7) is 5.57. The zero-order valence-electron chi connectivity index (χ0n) is 11.9. The molecule has 0 fully saturated rings. The molecule has 0 spiro atoms. The molecule has 0 aromatic heterocycles. The SMILES string of the molecule is CCOC(=O)/C(=C\c1ccc(F)cc1)CON=C(C)C. The Labute approximate surface area is 117 Å². The van der Waals surface area contributed by atoms with Crippen LogP contribution in [0.15, 0.2) is 35.0 Å². The van der Waals surface area contributed by atoms with Crippen molar-refractivity contribution >= 4 is 17.8 Å². The number of ether oxygens (including phenoxy) is 1. The monoisotopic (exact) mass is 279 g/mol. The van der Waals surface area contributed by atoms with Crippen LogP contribution in [0.1, 0.15) is 26.3 Å². The molecule has 1 aromatic rings. The lowest BCUT2D eigenvalue weighted by molar-refractivity contribution is -0.139. The van der Waals surface area contributed by atoms with Crippen LogP contribution in [0.5, 0.6) is 0 Å². The third kappa shape index (κ3) is 5.65. The number of halogens is 1. The van der Waals surface area contributed by atoms with E-state index in [4.69, 9.17) is 9.57 Å². The molecule has 0 aliphatic heterocycles. The largest absolute Gasteiger partial charge is 0.463 e. The van der Waals surface area contributed by atoms with Gasteiger partial charge in [0.2, 0.25) is 0 Å². The molecular formula is C15H18FNO3. The maximum Gasteiger partial charge on any atom is 0.337 e. The van der Waals surface area contributed by atoms with Crippen molar-refractivity contribution in [2.45, 2.75) is 20.8 Å². The van der Waals surface area contributed by atoms with Crippen molar-refractivity contribution in [3.05, 3.63) is 41.2 Å². The van der Waals surface area contributed by atoms with Gasteiger partial charge in [0.15, 0.2) is 0 Å². The molecule has 0 N–H and O–H groups in total. The molecule has 1 rings (SSSR count). The van der Waals surface area contributed by atoms with E-state index in [-0.39, 0.29) is 19.0 Å². The highest BCUT2D eigenvalue weighted by Gasteiger charge is 2.11. The summed E-state index contributed by atoms with van der Waals surface area (Å²) in [5.74, 6) is -0.803. The Hall–Kier alpha value is -2.17. The molecular weight excluding hydrogens is 261 g/mol. The summed E-state index contributed by atoms with van der Waals surface area (Å²) in [5.41, 5.74) is 1.76. The number of esters is 1. The van der Waals surface area contributed by atoms with Crippen LogP contribution < -0.4 is 0 Å². The molecule has 0 radical (unpaired) electrons. The number of carbonyl (C=O) groups is 1. The van der Waals surface area contributed by atoms with Gasteiger partial charge in [0.1, 0.15) is 12.4 Å². The van der Waals surface area contributed by atoms with E-state index in [9.17, 15) is 9.18 Å². The van der Waals surface area contributed by atoms with Gasteiger partial charge in [-0.1, -0.05) is 17.3 Å². The first-order valence-electron chi connectivity index (χ1n) is 6.29. The topological polar surface area (TPSA) is 47.9 Å². The van der Waals surface area contributed by atoms with Crippen LogP contribution in [-0.4, -0.2) is 24.9 Å². The summed E-state index contributed by atoms with van der Waals surface area (Å²) in [7, 11) is 0. The first kappa shape index (κ1) is 15.9. The molecule has 0 heterocycles. The number of nitrogens with zero attached hydrogens (tertiary/aromatic N) is 1. The summed E-state index contributed by atoms with van der Waals surface area (Å²) in [6.07, 6.45) is 1.60. The van der Waals surface area contributed by atoms with E-state index < -0.39 is 5.97 Å². The van der Waals surface area contributed by atoms with Crippen molar-refractivity contribution in [1.29, 1.82) is 0 Å². The molecule has 0 aliphatic rings. The van der Waals surface area contributed by atoms with E-state index in [2.05, 4.69) is 5.16 Å². The molecule has 1 aromatic carbocycles. The highest BCUT2D eigenvalue weighted by Crippen LogP contribution is 2.10. The maximum absolute atomic E-state index is 12.8. The standard InChI is InChI=1S/C15H18FNO3/c1-4-19-15(18)13(10-20-17-11(2)3)9-12-5-7-14(16)8-6-12/h5-9H,4,10H2,1-3H3/b13-9-. The lowest BCUT2D eigenvalue weighted by atomic mass is 10.1. The van der Waals surface area contributed by atoms with Crippen molar-refractivity contribution < 1.29 is 18.8 Å². The molecule has 108 valence electrons. The van der Waals surface area contributed by atoms with Crippen molar-refractivity contribution in [3.8, 4) is 0 Å². The van der Waals surface area contributed by atoms with E-state index in [1.165, 1.54) is 12.1 Å². The number of oxime groups is 1. The Morgan fingerprint density at radius 1 is 1.30 bits per heavy atom. The van der Waals surface area contributed by atoms with E-state index in [1.54, 1.807) is 39.0 Å². The van der Waals surface area contributed by atoms with Crippen LogP contribution in [0.25, 0.3) is 6.08 Å². The van der Waals surface area contributed by atoms with Gasteiger partial charge in [-0.3, -0.25) is 0 Å². The van der Waals surface area contributed by atoms with Gasteiger partial charge < -0.3 is 9.57 Å². The van der Waals surface area contributed by atoms with Gasteiger partial charge in [0, 0.05) is 0 Å². The third-order valence-corrected chi connectivity index (χ3v) is 2.22. The zero-order chi connectivity index (χ0) is 15.0.